The molecular weight excluding hydrogens is 276 g/mol. The molecule has 0 saturated heterocycles. The van der Waals surface area contributed by atoms with Crippen molar-refractivity contribution in [3.05, 3.63) is 47.0 Å². The molecule has 0 aliphatic carbocycles. The second-order valence-corrected chi connectivity index (χ2v) is 6.81. The fraction of sp³-hybridized carbons (Fsp3) is 0.200. The summed E-state index contributed by atoms with van der Waals surface area (Å²) in [7, 11) is -3.66. The lowest BCUT2D eigenvalue weighted by Gasteiger charge is -2.10. The van der Waals surface area contributed by atoms with Gasteiger partial charge < -0.3 is 10.2 Å². The SMILES string of the molecule is Cc1cc(S(=O)(=O)c2cc(C)c(O)c(C)c2)ccc1O. The quantitative estimate of drug-likeness (QED) is 0.892. The average Bonchev–Trinajstić information content (AvgIpc) is 2.38. The van der Waals surface area contributed by atoms with Crippen molar-refractivity contribution >= 4 is 9.84 Å². The standard InChI is InChI=1S/C15H16O4S/c1-9-6-12(4-5-14(9)16)20(18,19)13-7-10(2)15(17)11(3)8-13/h4-8,16-17H,1-3H3. The topological polar surface area (TPSA) is 74.6 Å². The molecule has 2 rings (SSSR count). The van der Waals surface area contributed by atoms with Gasteiger partial charge in [0.25, 0.3) is 0 Å². The minimum atomic E-state index is -3.66. The van der Waals surface area contributed by atoms with Crippen LogP contribution in [-0.4, -0.2) is 18.6 Å². The molecule has 0 fully saturated rings. The Morgan fingerprint density at radius 2 is 1.30 bits per heavy atom. The van der Waals surface area contributed by atoms with Gasteiger partial charge in [-0.1, -0.05) is 0 Å². The lowest BCUT2D eigenvalue weighted by molar-refractivity contribution is 0.466. The molecule has 20 heavy (non-hydrogen) atoms. The second-order valence-electron chi connectivity index (χ2n) is 4.86. The highest BCUT2D eigenvalue weighted by Crippen LogP contribution is 2.30. The highest BCUT2D eigenvalue weighted by atomic mass is 32.2. The first-order valence-electron chi connectivity index (χ1n) is 6.08. The molecule has 2 N–H and O–H groups in total. The van der Waals surface area contributed by atoms with Crippen molar-refractivity contribution in [1.82, 2.24) is 0 Å². The highest BCUT2D eigenvalue weighted by molar-refractivity contribution is 7.91. The molecule has 106 valence electrons. The Morgan fingerprint density at radius 3 is 1.80 bits per heavy atom. The van der Waals surface area contributed by atoms with Crippen molar-refractivity contribution < 1.29 is 18.6 Å². The van der Waals surface area contributed by atoms with Gasteiger partial charge in [-0.3, -0.25) is 0 Å². The maximum Gasteiger partial charge on any atom is 0.206 e. The molecular formula is C15H16O4S. The first kappa shape index (κ1) is 14.4. The van der Waals surface area contributed by atoms with Gasteiger partial charge in [0.1, 0.15) is 11.5 Å². The maximum atomic E-state index is 12.5. The van der Waals surface area contributed by atoms with Crippen LogP contribution >= 0.6 is 0 Å². The third-order valence-corrected chi connectivity index (χ3v) is 4.98. The molecule has 2 aromatic rings. The van der Waals surface area contributed by atoms with Crippen LogP contribution in [0.4, 0.5) is 0 Å². The zero-order valence-electron chi connectivity index (χ0n) is 11.5. The van der Waals surface area contributed by atoms with E-state index in [4.69, 9.17) is 0 Å². The summed E-state index contributed by atoms with van der Waals surface area (Å²) in [5.74, 6) is 0.160. The van der Waals surface area contributed by atoms with Gasteiger partial charge in [0, 0.05) is 0 Å². The fourth-order valence-electron chi connectivity index (χ4n) is 2.00. The number of aryl methyl sites for hydroxylation is 3. The largest absolute Gasteiger partial charge is 0.508 e. The first-order chi connectivity index (χ1) is 9.23. The van der Waals surface area contributed by atoms with Crippen molar-refractivity contribution in [2.75, 3.05) is 0 Å². The molecule has 0 radical (unpaired) electrons. The Kier molecular flexibility index (Phi) is 3.48. The summed E-state index contributed by atoms with van der Waals surface area (Å²) in [4.78, 5) is 0.257. The molecule has 0 aromatic heterocycles. The van der Waals surface area contributed by atoms with Crippen LogP contribution in [0.25, 0.3) is 0 Å². The summed E-state index contributed by atoms with van der Waals surface area (Å²) in [5, 5.41) is 19.2. The summed E-state index contributed by atoms with van der Waals surface area (Å²) < 4.78 is 25.1. The third kappa shape index (κ3) is 2.36. The minimum Gasteiger partial charge on any atom is -0.508 e. The van der Waals surface area contributed by atoms with Crippen LogP contribution in [0.2, 0.25) is 0 Å². The van der Waals surface area contributed by atoms with E-state index in [0.29, 0.717) is 16.7 Å². The zero-order valence-corrected chi connectivity index (χ0v) is 12.3. The molecule has 0 spiro atoms. The Morgan fingerprint density at radius 1 is 0.800 bits per heavy atom. The lowest BCUT2D eigenvalue weighted by Crippen LogP contribution is -2.03. The molecule has 2 aromatic carbocycles. The number of phenols is 2. The molecule has 4 nitrogen and oxygen atoms in total. The van der Waals surface area contributed by atoms with Crippen molar-refractivity contribution in [2.24, 2.45) is 0 Å². The molecule has 0 aliphatic rings. The summed E-state index contributed by atoms with van der Waals surface area (Å²) >= 11 is 0. The van der Waals surface area contributed by atoms with Crippen LogP contribution in [0.15, 0.2) is 40.1 Å². The number of hydrogen-bond acceptors (Lipinski definition) is 4. The van der Waals surface area contributed by atoms with Gasteiger partial charge in [0.15, 0.2) is 0 Å². The van der Waals surface area contributed by atoms with E-state index in [1.807, 2.05) is 0 Å². The summed E-state index contributed by atoms with van der Waals surface area (Å²) in [6.07, 6.45) is 0. The van der Waals surface area contributed by atoms with E-state index in [-0.39, 0.29) is 21.3 Å². The number of phenolic OH excluding ortho intramolecular Hbond substituents is 2. The molecule has 0 amide bonds. The fourth-order valence-corrected chi connectivity index (χ4v) is 3.52. The molecule has 0 heterocycles. The minimum absolute atomic E-state index is 0.0574. The molecule has 0 saturated carbocycles. The zero-order chi connectivity index (χ0) is 15.1. The average molecular weight is 292 g/mol. The first-order valence-corrected chi connectivity index (χ1v) is 7.56. The number of hydrogen-bond donors (Lipinski definition) is 2. The smallest absolute Gasteiger partial charge is 0.206 e. The van der Waals surface area contributed by atoms with Gasteiger partial charge in [-0.15, -0.1) is 0 Å². The Labute approximate surface area is 118 Å². The second kappa shape index (κ2) is 4.83. The van der Waals surface area contributed by atoms with Crippen LogP contribution in [0.3, 0.4) is 0 Å². The Balaban J connectivity index is 2.63. The normalized spacial score (nSPS) is 11.6. The molecule has 0 aliphatic heterocycles. The Hall–Kier alpha value is -2.01. The number of sulfone groups is 1. The maximum absolute atomic E-state index is 12.5. The van der Waals surface area contributed by atoms with Gasteiger partial charge in [0.05, 0.1) is 9.79 Å². The molecule has 5 heteroatoms. The monoisotopic (exact) mass is 292 g/mol. The van der Waals surface area contributed by atoms with E-state index in [1.54, 1.807) is 20.8 Å². The third-order valence-electron chi connectivity index (χ3n) is 3.25. The van der Waals surface area contributed by atoms with Crippen molar-refractivity contribution in [3.8, 4) is 11.5 Å². The van der Waals surface area contributed by atoms with Crippen molar-refractivity contribution in [1.29, 1.82) is 0 Å². The lowest BCUT2D eigenvalue weighted by atomic mass is 10.1. The van der Waals surface area contributed by atoms with E-state index < -0.39 is 9.84 Å². The predicted molar refractivity (Wildman–Crippen MR) is 75.9 cm³/mol. The summed E-state index contributed by atoms with van der Waals surface area (Å²) in [5.41, 5.74) is 1.52. The number of rotatable bonds is 2. The predicted octanol–water partition coefficient (Wildman–Crippen LogP) is 2.86. The van der Waals surface area contributed by atoms with E-state index in [2.05, 4.69) is 0 Å². The molecule has 0 atom stereocenters. The van der Waals surface area contributed by atoms with Crippen LogP contribution in [0, 0.1) is 20.8 Å². The van der Waals surface area contributed by atoms with Crippen LogP contribution in [0.5, 0.6) is 11.5 Å². The van der Waals surface area contributed by atoms with Crippen molar-refractivity contribution in [3.63, 3.8) is 0 Å². The van der Waals surface area contributed by atoms with Crippen LogP contribution in [0.1, 0.15) is 16.7 Å². The van der Waals surface area contributed by atoms with Gasteiger partial charge >= 0.3 is 0 Å². The van der Waals surface area contributed by atoms with Crippen molar-refractivity contribution in [2.45, 2.75) is 30.6 Å². The molecule has 0 unspecified atom stereocenters. The number of benzene rings is 2. The summed E-state index contributed by atoms with van der Waals surface area (Å²) in [6, 6.07) is 7.05. The van der Waals surface area contributed by atoms with Crippen LogP contribution in [-0.2, 0) is 9.84 Å². The highest BCUT2D eigenvalue weighted by Gasteiger charge is 2.20. The van der Waals surface area contributed by atoms with Gasteiger partial charge in [-0.2, -0.15) is 0 Å². The van der Waals surface area contributed by atoms with E-state index in [0.717, 1.165) is 0 Å². The van der Waals surface area contributed by atoms with Gasteiger partial charge in [-0.05, 0) is 67.8 Å². The molecule has 0 bridgehead atoms. The van der Waals surface area contributed by atoms with Gasteiger partial charge in [0.2, 0.25) is 9.84 Å². The van der Waals surface area contributed by atoms with E-state index >= 15 is 0 Å². The Bertz CT molecular complexity index is 753. The van der Waals surface area contributed by atoms with Gasteiger partial charge in [-0.25, -0.2) is 8.42 Å². The van der Waals surface area contributed by atoms with Crippen LogP contribution < -0.4 is 0 Å². The van der Waals surface area contributed by atoms with E-state index in [1.165, 1.54) is 30.3 Å². The number of aromatic hydroxyl groups is 2. The van der Waals surface area contributed by atoms with E-state index in [9.17, 15) is 18.6 Å². The summed E-state index contributed by atoms with van der Waals surface area (Å²) in [6.45, 7) is 4.95.